The van der Waals surface area contributed by atoms with Gasteiger partial charge in [-0.25, -0.2) is 9.37 Å². The van der Waals surface area contributed by atoms with Gasteiger partial charge in [0.15, 0.2) is 11.8 Å². The smallest absolute Gasteiger partial charge is 0.227 e. The number of terminal acetylenes is 1. The van der Waals surface area contributed by atoms with E-state index >= 15 is 0 Å². The van der Waals surface area contributed by atoms with Gasteiger partial charge in [0.1, 0.15) is 5.82 Å². The molecule has 6 heteroatoms. The molecule has 1 aliphatic heterocycles. The minimum Gasteiger partial charge on any atom is -0.384 e. The van der Waals surface area contributed by atoms with Crippen LogP contribution in [0.1, 0.15) is 6.42 Å². The molecule has 2 atom stereocenters. The van der Waals surface area contributed by atoms with Crippen molar-refractivity contribution in [3.8, 4) is 12.3 Å². The van der Waals surface area contributed by atoms with Crippen molar-refractivity contribution in [2.75, 3.05) is 23.7 Å². The highest BCUT2D eigenvalue weighted by Gasteiger charge is 2.41. The van der Waals surface area contributed by atoms with Crippen LogP contribution in [0.5, 0.6) is 0 Å². The summed E-state index contributed by atoms with van der Waals surface area (Å²) in [6, 6.07) is 1.55. The Balaban J connectivity index is 2.15. The number of nitrogens with zero attached hydrogens (tertiary/aromatic N) is 3. The molecule has 0 radical (unpaired) electrons. The number of piperidine rings is 1. The molecule has 0 saturated carbocycles. The van der Waals surface area contributed by atoms with Crippen LogP contribution in [0.3, 0.4) is 0 Å². The third kappa shape index (κ3) is 2.15. The molecule has 2 heterocycles. The minimum atomic E-state index is -1.68. The van der Waals surface area contributed by atoms with Gasteiger partial charge in [-0.3, -0.25) is 0 Å². The van der Waals surface area contributed by atoms with Crippen LogP contribution in [0.4, 0.5) is 16.2 Å². The molecule has 0 amide bonds. The first-order chi connectivity index (χ1) is 8.05. The number of hydrogen-bond acceptors (Lipinski definition) is 5. The fourth-order valence-electron chi connectivity index (χ4n) is 1.76. The van der Waals surface area contributed by atoms with Crippen molar-refractivity contribution in [3.05, 3.63) is 12.3 Å². The quantitative estimate of drug-likeness (QED) is 0.670. The van der Waals surface area contributed by atoms with Crippen LogP contribution < -0.4 is 10.6 Å². The Morgan fingerprint density at radius 3 is 3.06 bits per heavy atom. The normalized spacial score (nSPS) is 28.8. The number of aromatic nitrogens is 2. The summed E-state index contributed by atoms with van der Waals surface area (Å²) in [5, 5.41) is 9.76. The molecule has 1 aliphatic rings. The van der Waals surface area contributed by atoms with Gasteiger partial charge >= 0.3 is 0 Å². The monoisotopic (exact) mass is 236 g/mol. The zero-order chi connectivity index (χ0) is 12.5. The summed E-state index contributed by atoms with van der Waals surface area (Å²) in [7, 11) is 0. The molecule has 1 aromatic rings. The lowest BCUT2D eigenvalue weighted by Gasteiger charge is -2.37. The van der Waals surface area contributed by atoms with Crippen molar-refractivity contribution in [2.45, 2.75) is 18.2 Å². The lowest BCUT2D eigenvalue weighted by atomic mass is 9.91. The molecule has 0 spiro atoms. The van der Waals surface area contributed by atoms with E-state index in [9.17, 15) is 9.50 Å². The van der Waals surface area contributed by atoms with Crippen molar-refractivity contribution in [1.82, 2.24) is 9.97 Å². The van der Waals surface area contributed by atoms with E-state index < -0.39 is 11.8 Å². The second-order valence-electron chi connectivity index (χ2n) is 4.01. The predicted molar refractivity (Wildman–Crippen MR) is 62.0 cm³/mol. The Morgan fingerprint density at radius 2 is 2.47 bits per heavy atom. The predicted octanol–water partition coefficient (Wildman–Crippen LogP) is -0.0287. The minimum absolute atomic E-state index is 0.0375. The Morgan fingerprint density at radius 1 is 1.71 bits per heavy atom. The van der Waals surface area contributed by atoms with E-state index in [0.717, 1.165) is 0 Å². The molecule has 0 aliphatic carbocycles. The largest absolute Gasteiger partial charge is 0.384 e. The van der Waals surface area contributed by atoms with Crippen molar-refractivity contribution >= 4 is 11.8 Å². The highest BCUT2D eigenvalue weighted by atomic mass is 19.1. The van der Waals surface area contributed by atoms with Gasteiger partial charge in [-0.1, -0.05) is 5.92 Å². The fourth-order valence-corrected chi connectivity index (χ4v) is 1.76. The molecule has 1 aromatic heterocycles. The summed E-state index contributed by atoms with van der Waals surface area (Å²) in [5.74, 6) is 2.78. The molecular formula is C11H13FN4O. The summed E-state index contributed by atoms with van der Waals surface area (Å²) in [4.78, 5) is 9.62. The SMILES string of the molecule is C#C[C@]1(O)CCN(c2nccc(N)n2)C[C@H]1F. The number of alkyl halides is 1. The van der Waals surface area contributed by atoms with Crippen molar-refractivity contribution in [2.24, 2.45) is 0 Å². The molecule has 1 fully saturated rings. The maximum absolute atomic E-state index is 13.7. The van der Waals surface area contributed by atoms with Crippen LogP contribution in [-0.2, 0) is 0 Å². The van der Waals surface area contributed by atoms with Crippen LogP contribution in [0.2, 0.25) is 0 Å². The van der Waals surface area contributed by atoms with Gasteiger partial charge < -0.3 is 15.7 Å². The zero-order valence-corrected chi connectivity index (χ0v) is 9.17. The summed E-state index contributed by atoms with van der Waals surface area (Å²) >= 11 is 0. The molecular weight excluding hydrogens is 223 g/mol. The van der Waals surface area contributed by atoms with Crippen LogP contribution in [0, 0.1) is 12.3 Å². The molecule has 0 aromatic carbocycles. The number of rotatable bonds is 1. The van der Waals surface area contributed by atoms with Gasteiger partial charge in [-0.15, -0.1) is 6.42 Å². The summed E-state index contributed by atoms with van der Waals surface area (Å²) in [6.07, 6.45) is 5.25. The summed E-state index contributed by atoms with van der Waals surface area (Å²) < 4.78 is 13.7. The Hall–Kier alpha value is -1.87. The second kappa shape index (κ2) is 4.18. The van der Waals surface area contributed by atoms with Gasteiger partial charge in [0.25, 0.3) is 0 Å². The number of hydrogen-bond donors (Lipinski definition) is 2. The lowest BCUT2D eigenvalue weighted by Crippen LogP contribution is -2.53. The molecule has 2 rings (SSSR count). The standard InChI is InChI=1S/C11H13FN4O/c1-2-11(17)4-6-16(7-8(11)12)10-14-5-3-9(13)15-10/h1,3,5,8,17H,4,6-7H2,(H2,13,14,15)/t8-,11+/m1/s1. The van der Waals surface area contributed by atoms with E-state index in [0.29, 0.717) is 18.3 Å². The topological polar surface area (TPSA) is 75.3 Å². The Labute approximate surface area is 98.5 Å². The van der Waals surface area contributed by atoms with E-state index in [-0.39, 0.29) is 13.0 Å². The number of halogens is 1. The first kappa shape index (κ1) is 11.6. The van der Waals surface area contributed by atoms with E-state index in [4.69, 9.17) is 12.2 Å². The molecule has 5 nitrogen and oxygen atoms in total. The number of nitrogen functional groups attached to an aromatic ring is 1. The molecule has 0 bridgehead atoms. The third-order valence-electron chi connectivity index (χ3n) is 2.86. The molecule has 17 heavy (non-hydrogen) atoms. The van der Waals surface area contributed by atoms with Gasteiger partial charge in [0.2, 0.25) is 5.95 Å². The molecule has 3 N–H and O–H groups in total. The average molecular weight is 236 g/mol. The number of anilines is 2. The van der Waals surface area contributed by atoms with Crippen LogP contribution in [-0.4, -0.2) is 39.9 Å². The molecule has 1 saturated heterocycles. The highest BCUT2D eigenvalue weighted by molar-refractivity contribution is 5.39. The van der Waals surface area contributed by atoms with Crippen LogP contribution in [0.15, 0.2) is 12.3 Å². The van der Waals surface area contributed by atoms with Gasteiger partial charge in [-0.05, 0) is 6.07 Å². The maximum atomic E-state index is 13.7. The van der Waals surface area contributed by atoms with E-state index in [1.165, 1.54) is 6.20 Å². The van der Waals surface area contributed by atoms with Crippen molar-refractivity contribution in [1.29, 1.82) is 0 Å². The van der Waals surface area contributed by atoms with Crippen LogP contribution in [0.25, 0.3) is 0 Å². The first-order valence-corrected chi connectivity index (χ1v) is 5.23. The van der Waals surface area contributed by atoms with E-state index in [1.807, 2.05) is 0 Å². The van der Waals surface area contributed by atoms with Crippen molar-refractivity contribution < 1.29 is 9.50 Å². The zero-order valence-electron chi connectivity index (χ0n) is 9.17. The Kier molecular flexibility index (Phi) is 2.86. The van der Waals surface area contributed by atoms with Gasteiger partial charge in [-0.2, -0.15) is 4.98 Å². The summed E-state index contributed by atoms with van der Waals surface area (Å²) in [6.45, 7) is 0.356. The fraction of sp³-hybridized carbons (Fsp3) is 0.455. The second-order valence-corrected chi connectivity index (χ2v) is 4.01. The average Bonchev–Trinajstić information content (AvgIpc) is 2.33. The van der Waals surface area contributed by atoms with E-state index in [2.05, 4.69) is 15.9 Å². The lowest BCUT2D eigenvalue weighted by molar-refractivity contribution is 0.000560. The number of aliphatic hydroxyl groups is 1. The third-order valence-corrected chi connectivity index (χ3v) is 2.86. The van der Waals surface area contributed by atoms with Crippen LogP contribution >= 0.6 is 0 Å². The summed E-state index contributed by atoms with van der Waals surface area (Å²) in [5.41, 5.74) is 3.84. The number of nitrogens with two attached hydrogens (primary N) is 1. The Bertz CT molecular complexity index is 461. The first-order valence-electron chi connectivity index (χ1n) is 5.23. The van der Waals surface area contributed by atoms with Crippen molar-refractivity contribution in [3.63, 3.8) is 0 Å². The molecule has 90 valence electrons. The molecule has 0 unspecified atom stereocenters. The maximum Gasteiger partial charge on any atom is 0.227 e. The van der Waals surface area contributed by atoms with Gasteiger partial charge in [0.05, 0.1) is 6.54 Å². The van der Waals surface area contributed by atoms with E-state index in [1.54, 1.807) is 11.0 Å². The van der Waals surface area contributed by atoms with Gasteiger partial charge in [0, 0.05) is 19.2 Å². The highest BCUT2D eigenvalue weighted by Crippen LogP contribution is 2.26.